The lowest BCUT2D eigenvalue weighted by molar-refractivity contribution is 0.0205. The van der Waals surface area contributed by atoms with Crippen LogP contribution in [0, 0.1) is 0 Å². The van der Waals surface area contributed by atoms with Gasteiger partial charge in [-0.1, -0.05) is 24.3 Å². The average Bonchev–Trinajstić information content (AvgIpc) is 2.51. The van der Waals surface area contributed by atoms with Crippen molar-refractivity contribution < 1.29 is 22.1 Å². The van der Waals surface area contributed by atoms with Crippen LogP contribution in [0.15, 0.2) is 24.3 Å². The summed E-state index contributed by atoms with van der Waals surface area (Å²) in [7, 11) is -3.45. The highest BCUT2D eigenvalue weighted by Gasteiger charge is 2.27. The number of nitrogens with zero attached hydrogens (tertiary/aromatic N) is 1. The highest BCUT2D eigenvalue weighted by atomic mass is 32.2. The summed E-state index contributed by atoms with van der Waals surface area (Å²) in [6.07, 6.45) is 2.50. The van der Waals surface area contributed by atoms with Gasteiger partial charge in [0.05, 0.1) is 12.9 Å². The van der Waals surface area contributed by atoms with Crippen LogP contribution < -0.4 is 0 Å². The molecule has 0 unspecified atom stereocenters. The highest BCUT2D eigenvalue weighted by Crippen LogP contribution is 2.29. The Morgan fingerprint density at radius 2 is 1.88 bits per heavy atom. The van der Waals surface area contributed by atoms with Gasteiger partial charge in [-0.25, -0.2) is 4.79 Å². The van der Waals surface area contributed by atoms with Crippen molar-refractivity contribution in [1.29, 1.82) is 0 Å². The maximum atomic E-state index is 12.1. The van der Waals surface area contributed by atoms with Crippen LogP contribution in [0.4, 0.5) is 4.79 Å². The first-order valence-electron chi connectivity index (χ1n) is 8.45. The van der Waals surface area contributed by atoms with Crippen LogP contribution in [0.25, 0.3) is 0 Å². The van der Waals surface area contributed by atoms with Crippen LogP contribution in [0.3, 0.4) is 0 Å². The normalized spacial score (nSPS) is 16.7. The van der Waals surface area contributed by atoms with Crippen molar-refractivity contribution in [2.45, 2.75) is 51.7 Å². The van der Waals surface area contributed by atoms with Gasteiger partial charge in [-0.3, -0.25) is 4.18 Å². The molecular weight excluding hydrogens is 342 g/mol. The predicted molar refractivity (Wildman–Crippen MR) is 95.9 cm³/mol. The van der Waals surface area contributed by atoms with Crippen LogP contribution >= 0.6 is 0 Å². The zero-order valence-electron chi connectivity index (χ0n) is 15.3. The van der Waals surface area contributed by atoms with Gasteiger partial charge in [0.1, 0.15) is 5.60 Å². The first-order chi connectivity index (χ1) is 11.5. The fourth-order valence-corrected chi connectivity index (χ4v) is 3.18. The topological polar surface area (TPSA) is 72.9 Å². The molecule has 7 heteroatoms. The zero-order chi connectivity index (χ0) is 18.7. The van der Waals surface area contributed by atoms with Crippen LogP contribution in [0.1, 0.15) is 50.7 Å². The van der Waals surface area contributed by atoms with Crippen molar-refractivity contribution >= 4 is 16.2 Å². The standard InChI is InChI=1S/C18H27NO5S/c1-18(2,3)24-17(20)19-10-8-15(9-11-19)16-7-5-6-14(12-16)13-23-25(4,21)22/h5-7,12,15H,8-11,13H2,1-4H3. The Labute approximate surface area is 150 Å². The number of hydrogen-bond acceptors (Lipinski definition) is 5. The quantitative estimate of drug-likeness (QED) is 0.762. The molecule has 1 amide bonds. The molecule has 25 heavy (non-hydrogen) atoms. The second-order valence-corrected chi connectivity index (χ2v) is 9.10. The number of benzene rings is 1. The molecule has 0 bridgehead atoms. The van der Waals surface area contributed by atoms with Gasteiger partial charge in [-0.05, 0) is 50.7 Å². The van der Waals surface area contributed by atoms with Crippen LogP contribution in [-0.4, -0.2) is 44.4 Å². The second-order valence-electron chi connectivity index (χ2n) is 7.45. The molecule has 1 aromatic rings. The Hall–Kier alpha value is -1.60. The van der Waals surface area contributed by atoms with Gasteiger partial charge in [-0.15, -0.1) is 0 Å². The molecule has 0 aromatic heterocycles. The van der Waals surface area contributed by atoms with Gasteiger partial charge in [-0.2, -0.15) is 8.42 Å². The molecule has 1 fully saturated rings. The van der Waals surface area contributed by atoms with Crippen molar-refractivity contribution in [2.75, 3.05) is 19.3 Å². The minimum Gasteiger partial charge on any atom is -0.444 e. The molecular formula is C18H27NO5S. The summed E-state index contributed by atoms with van der Waals surface area (Å²) < 4.78 is 32.5. The van der Waals surface area contributed by atoms with E-state index >= 15 is 0 Å². The summed E-state index contributed by atoms with van der Waals surface area (Å²) in [6.45, 7) is 6.95. The first kappa shape index (κ1) is 19.7. The lowest BCUT2D eigenvalue weighted by atomic mass is 9.89. The molecule has 0 atom stereocenters. The summed E-state index contributed by atoms with van der Waals surface area (Å²) >= 11 is 0. The van der Waals surface area contributed by atoms with E-state index in [4.69, 9.17) is 8.92 Å². The fourth-order valence-electron chi connectivity index (χ4n) is 2.83. The van der Waals surface area contributed by atoms with E-state index < -0.39 is 15.7 Å². The Bertz CT molecular complexity index is 700. The Kier molecular flexibility index (Phi) is 6.11. The van der Waals surface area contributed by atoms with Crippen molar-refractivity contribution in [3.8, 4) is 0 Å². The lowest BCUT2D eigenvalue weighted by Gasteiger charge is -2.33. The minimum absolute atomic E-state index is 0.0451. The fraction of sp³-hybridized carbons (Fsp3) is 0.611. The number of ether oxygens (including phenoxy) is 1. The van der Waals surface area contributed by atoms with Gasteiger partial charge in [0.15, 0.2) is 0 Å². The van der Waals surface area contributed by atoms with Crippen molar-refractivity contribution in [2.24, 2.45) is 0 Å². The van der Waals surface area contributed by atoms with Crippen LogP contribution in [0.5, 0.6) is 0 Å². The van der Waals surface area contributed by atoms with Crippen molar-refractivity contribution in [3.63, 3.8) is 0 Å². The maximum Gasteiger partial charge on any atom is 0.410 e. The summed E-state index contributed by atoms with van der Waals surface area (Å²) in [5.41, 5.74) is 1.50. The molecule has 1 aromatic carbocycles. The Morgan fingerprint density at radius 1 is 1.24 bits per heavy atom. The molecule has 6 nitrogen and oxygen atoms in total. The Morgan fingerprint density at radius 3 is 2.44 bits per heavy atom. The SMILES string of the molecule is CC(C)(C)OC(=O)N1CCC(c2cccc(COS(C)(=O)=O)c2)CC1. The zero-order valence-corrected chi connectivity index (χ0v) is 16.1. The molecule has 0 N–H and O–H groups in total. The van der Waals surface area contributed by atoms with E-state index in [1.54, 1.807) is 4.90 Å². The monoisotopic (exact) mass is 369 g/mol. The molecule has 1 saturated heterocycles. The van der Waals surface area contributed by atoms with Gasteiger partial charge >= 0.3 is 6.09 Å². The molecule has 140 valence electrons. The van der Waals surface area contributed by atoms with E-state index in [2.05, 4.69) is 0 Å². The van der Waals surface area contributed by atoms with Crippen molar-refractivity contribution in [1.82, 2.24) is 4.90 Å². The number of amides is 1. The molecule has 2 rings (SSSR count). The van der Waals surface area contributed by atoms with Gasteiger partial charge in [0.25, 0.3) is 10.1 Å². The Balaban J connectivity index is 1.93. The summed E-state index contributed by atoms with van der Waals surface area (Å²) in [5.74, 6) is 0.344. The molecule has 1 heterocycles. The number of rotatable bonds is 4. The molecule has 1 aliphatic rings. The van der Waals surface area contributed by atoms with E-state index in [-0.39, 0.29) is 12.7 Å². The van der Waals surface area contributed by atoms with Gasteiger partial charge in [0.2, 0.25) is 0 Å². The summed E-state index contributed by atoms with van der Waals surface area (Å²) in [6, 6.07) is 7.79. The van der Waals surface area contributed by atoms with E-state index in [0.29, 0.717) is 19.0 Å². The summed E-state index contributed by atoms with van der Waals surface area (Å²) in [5, 5.41) is 0. The smallest absolute Gasteiger partial charge is 0.410 e. The highest BCUT2D eigenvalue weighted by molar-refractivity contribution is 7.85. The van der Waals surface area contributed by atoms with E-state index in [0.717, 1.165) is 30.2 Å². The number of hydrogen-bond donors (Lipinski definition) is 0. The van der Waals surface area contributed by atoms with Crippen molar-refractivity contribution in [3.05, 3.63) is 35.4 Å². The minimum atomic E-state index is -3.45. The van der Waals surface area contributed by atoms with E-state index in [1.807, 2.05) is 45.0 Å². The molecule has 0 saturated carbocycles. The first-order valence-corrected chi connectivity index (χ1v) is 10.3. The third-order valence-electron chi connectivity index (χ3n) is 4.01. The second kappa shape index (κ2) is 7.74. The molecule has 1 aliphatic heterocycles. The number of carbonyl (C=O) groups is 1. The molecule has 0 spiro atoms. The van der Waals surface area contributed by atoms with Gasteiger partial charge in [0, 0.05) is 13.1 Å². The average molecular weight is 369 g/mol. The third-order valence-corrected chi connectivity index (χ3v) is 4.55. The van der Waals surface area contributed by atoms with E-state index in [1.165, 1.54) is 0 Å². The molecule has 0 radical (unpaired) electrons. The third kappa shape index (κ3) is 6.66. The van der Waals surface area contributed by atoms with Crippen LogP contribution in [0.2, 0.25) is 0 Å². The molecule has 0 aliphatic carbocycles. The predicted octanol–water partition coefficient (Wildman–Crippen LogP) is 3.28. The lowest BCUT2D eigenvalue weighted by Crippen LogP contribution is -2.41. The number of piperidine rings is 1. The number of carbonyl (C=O) groups excluding carboxylic acids is 1. The van der Waals surface area contributed by atoms with Gasteiger partial charge < -0.3 is 9.64 Å². The largest absolute Gasteiger partial charge is 0.444 e. The number of likely N-dealkylation sites (tertiary alicyclic amines) is 1. The maximum absolute atomic E-state index is 12.1. The summed E-state index contributed by atoms with van der Waals surface area (Å²) in [4.78, 5) is 13.9. The van der Waals surface area contributed by atoms with E-state index in [9.17, 15) is 13.2 Å². The van der Waals surface area contributed by atoms with Crippen LogP contribution in [-0.2, 0) is 25.6 Å².